The van der Waals surface area contributed by atoms with Crippen LogP contribution in [-0.4, -0.2) is 36.0 Å². The van der Waals surface area contributed by atoms with Crippen LogP contribution in [0.4, 0.5) is 0 Å². The summed E-state index contributed by atoms with van der Waals surface area (Å²) < 4.78 is 0. The Morgan fingerprint density at radius 1 is 1.10 bits per heavy atom. The second kappa shape index (κ2) is 7.32. The van der Waals surface area contributed by atoms with E-state index < -0.39 is 0 Å². The van der Waals surface area contributed by atoms with E-state index in [1.165, 1.54) is 38.5 Å². The standard InChI is InChI=1S/C17H30N2O.ClH/c1-12(2)13-7-9-19(10-8-13)17(20)16-11-14-5-3-4-6-15(14)18-16;/h12-16,18H,3-11H2,1-2H3;1H. The molecular weight excluding hydrogens is 284 g/mol. The number of nitrogens with one attached hydrogen (secondary N) is 1. The van der Waals surface area contributed by atoms with Gasteiger partial charge in [-0.2, -0.15) is 0 Å². The highest BCUT2D eigenvalue weighted by atomic mass is 35.5. The van der Waals surface area contributed by atoms with E-state index in [2.05, 4.69) is 24.1 Å². The van der Waals surface area contributed by atoms with Crippen LogP contribution in [0.5, 0.6) is 0 Å². The van der Waals surface area contributed by atoms with Crippen molar-refractivity contribution in [2.75, 3.05) is 13.1 Å². The first kappa shape index (κ1) is 17.1. The molecule has 3 rings (SSSR count). The van der Waals surface area contributed by atoms with Gasteiger partial charge in [-0.15, -0.1) is 12.4 Å². The number of piperidine rings is 1. The predicted octanol–water partition coefficient (Wildman–Crippen LogP) is 3.22. The molecule has 122 valence electrons. The lowest BCUT2D eigenvalue weighted by Crippen LogP contribution is -2.48. The molecule has 0 aromatic heterocycles. The fourth-order valence-electron chi connectivity index (χ4n) is 4.52. The molecule has 21 heavy (non-hydrogen) atoms. The lowest BCUT2D eigenvalue weighted by Gasteiger charge is -2.35. The van der Waals surface area contributed by atoms with Crippen LogP contribution in [0, 0.1) is 17.8 Å². The molecular formula is C17H31ClN2O. The first-order valence-electron chi connectivity index (χ1n) is 8.70. The Morgan fingerprint density at radius 3 is 2.38 bits per heavy atom. The van der Waals surface area contributed by atoms with Crippen LogP contribution in [0.2, 0.25) is 0 Å². The number of carbonyl (C=O) groups is 1. The Hall–Kier alpha value is -0.280. The Labute approximate surface area is 135 Å². The third-order valence-corrected chi connectivity index (χ3v) is 5.95. The zero-order chi connectivity index (χ0) is 14.1. The fraction of sp³-hybridized carbons (Fsp3) is 0.941. The van der Waals surface area contributed by atoms with Gasteiger partial charge in [-0.1, -0.05) is 26.7 Å². The summed E-state index contributed by atoms with van der Waals surface area (Å²) in [7, 11) is 0. The molecule has 0 bridgehead atoms. The number of hydrogen-bond acceptors (Lipinski definition) is 2. The minimum atomic E-state index is 0. The van der Waals surface area contributed by atoms with Crippen molar-refractivity contribution in [3.63, 3.8) is 0 Å². The highest BCUT2D eigenvalue weighted by Crippen LogP contribution is 2.34. The summed E-state index contributed by atoms with van der Waals surface area (Å²) in [6.07, 6.45) is 8.80. The van der Waals surface area contributed by atoms with Crippen molar-refractivity contribution in [1.29, 1.82) is 0 Å². The normalized spacial score (nSPS) is 33.7. The Kier molecular flexibility index (Phi) is 5.96. The van der Waals surface area contributed by atoms with Crippen molar-refractivity contribution in [3.8, 4) is 0 Å². The molecule has 2 saturated heterocycles. The molecule has 1 N–H and O–H groups in total. The number of likely N-dealkylation sites (tertiary alicyclic amines) is 1. The van der Waals surface area contributed by atoms with Crippen LogP contribution in [-0.2, 0) is 4.79 Å². The van der Waals surface area contributed by atoms with Gasteiger partial charge in [0.05, 0.1) is 6.04 Å². The van der Waals surface area contributed by atoms with Gasteiger partial charge in [0.25, 0.3) is 0 Å². The van der Waals surface area contributed by atoms with E-state index in [1.54, 1.807) is 0 Å². The molecule has 3 unspecified atom stereocenters. The molecule has 1 amide bonds. The van der Waals surface area contributed by atoms with E-state index in [9.17, 15) is 4.79 Å². The number of halogens is 1. The lowest BCUT2D eigenvalue weighted by atomic mass is 9.84. The molecule has 2 heterocycles. The Morgan fingerprint density at radius 2 is 1.76 bits per heavy atom. The zero-order valence-electron chi connectivity index (χ0n) is 13.5. The van der Waals surface area contributed by atoms with Crippen LogP contribution in [0.15, 0.2) is 0 Å². The van der Waals surface area contributed by atoms with Gasteiger partial charge < -0.3 is 10.2 Å². The maximum atomic E-state index is 12.7. The van der Waals surface area contributed by atoms with Gasteiger partial charge in [0.15, 0.2) is 0 Å². The Bertz CT molecular complexity index is 339. The van der Waals surface area contributed by atoms with E-state index in [-0.39, 0.29) is 18.4 Å². The molecule has 1 aliphatic carbocycles. The molecule has 3 aliphatic rings. The number of nitrogens with zero attached hydrogens (tertiary/aromatic N) is 1. The van der Waals surface area contributed by atoms with Crippen molar-refractivity contribution in [2.45, 2.75) is 70.9 Å². The predicted molar refractivity (Wildman–Crippen MR) is 88.7 cm³/mol. The third-order valence-electron chi connectivity index (χ3n) is 5.95. The monoisotopic (exact) mass is 314 g/mol. The fourth-order valence-corrected chi connectivity index (χ4v) is 4.52. The minimum absolute atomic E-state index is 0. The average molecular weight is 315 g/mol. The maximum absolute atomic E-state index is 12.7. The third kappa shape index (κ3) is 3.73. The van der Waals surface area contributed by atoms with Crippen LogP contribution in [0.25, 0.3) is 0 Å². The summed E-state index contributed by atoms with van der Waals surface area (Å²) >= 11 is 0. The van der Waals surface area contributed by atoms with Crippen molar-refractivity contribution < 1.29 is 4.79 Å². The summed E-state index contributed by atoms with van der Waals surface area (Å²) in [6, 6.07) is 0.754. The molecule has 0 radical (unpaired) electrons. The van der Waals surface area contributed by atoms with Gasteiger partial charge in [-0.05, 0) is 49.9 Å². The lowest BCUT2D eigenvalue weighted by molar-refractivity contribution is -0.134. The molecule has 0 spiro atoms. The topological polar surface area (TPSA) is 32.3 Å². The minimum Gasteiger partial charge on any atom is -0.341 e. The second-order valence-electron chi connectivity index (χ2n) is 7.51. The highest BCUT2D eigenvalue weighted by molar-refractivity contribution is 5.85. The van der Waals surface area contributed by atoms with Crippen molar-refractivity contribution in [1.82, 2.24) is 10.2 Å². The largest absolute Gasteiger partial charge is 0.341 e. The van der Waals surface area contributed by atoms with Crippen molar-refractivity contribution in [3.05, 3.63) is 0 Å². The van der Waals surface area contributed by atoms with Gasteiger partial charge in [-0.25, -0.2) is 0 Å². The molecule has 2 aliphatic heterocycles. The number of hydrogen-bond donors (Lipinski definition) is 1. The van der Waals surface area contributed by atoms with Gasteiger partial charge in [-0.3, -0.25) is 4.79 Å². The molecule has 3 fully saturated rings. The summed E-state index contributed by atoms with van der Waals surface area (Å²) in [6.45, 7) is 6.58. The van der Waals surface area contributed by atoms with E-state index in [0.29, 0.717) is 11.9 Å². The zero-order valence-corrected chi connectivity index (χ0v) is 14.3. The first-order chi connectivity index (χ1) is 9.65. The van der Waals surface area contributed by atoms with E-state index in [0.717, 1.165) is 37.3 Å². The SMILES string of the molecule is CC(C)C1CCN(C(=O)C2CC3CCCCC3N2)CC1.Cl. The van der Waals surface area contributed by atoms with Crippen molar-refractivity contribution in [2.24, 2.45) is 17.8 Å². The molecule has 0 aromatic rings. The van der Waals surface area contributed by atoms with Crippen LogP contribution < -0.4 is 5.32 Å². The number of rotatable bonds is 2. The quantitative estimate of drug-likeness (QED) is 0.848. The summed E-state index contributed by atoms with van der Waals surface area (Å²) in [5, 5.41) is 3.63. The molecule has 4 heteroatoms. The number of carbonyl (C=O) groups excluding carboxylic acids is 1. The van der Waals surface area contributed by atoms with E-state index in [1.807, 2.05) is 0 Å². The van der Waals surface area contributed by atoms with Crippen LogP contribution >= 0.6 is 12.4 Å². The van der Waals surface area contributed by atoms with Crippen LogP contribution in [0.3, 0.4) is 0 Å². The smallest absolute Gasteiger partial charge is 0.239 e. The summed E-state index contributed by atoms with van der Waals surface area (Å²) in [4.78, 5) is 14.8. The number of amides is 1. The summed E-state index contributed by atoms with van der Waals surface area (Å²) in [5.41, 5.74) is 0. The van der Waals surface area contributed by atoms with E-state index in [4.69, 9.17) is 0 Å². The summed E-state index contributed by atoms with van der Waals surface area (Å²) in [5.74, 6) is 2.74. The second-order valence-corrected chi connectivity index (χ2v) is 7.51. The van der Waals surface area contributed by atoms with E-state index >= 15 is 0 Å². The van der Waals surface area contributed by atoms with Gasteiger partial charge in [0.2, 0.25) is 5.91 Å². The van der Waals surface area contributed by atoms with Gasteiger partial charge in [0.1, 0.15) is 0 Å². The number of fused-ring (bicyclic) bond motifs is 1. The Balaban J connectivity index is 0.00000161. The van der Waals surface area contributed by atoms with Gasteiger partial charge in [0, 0.05) is 19.1 Å². The maximum Gasteiger partial charge on any atom is 0.239 e. The van der Waals surface area contributed by atoms with Gasteiger partial charge >= 0.3 is 0 Å². The van der Waals surface area contributed by atoms with Crippen molar-refractivity contribution >= 4 is 18.3 Å². The molecule has 1 saturated carbocycles. The average Bonchev–Trinajstić information content (AvgIpc) is 2.90. The van der Waals surface area contributed by atoms with Crippen LogP contribution in [0.1, 0.15) is 58.8 Å². The molecule has 0 aromatic carbocycles. The molecule has 3 nitrogen and oxygen atoms in total. The molecule has 3 atom stereocenters. The first-order valence-corrected chi connectivity index (χ1v) is 8.70. The highest BCUT2D eigenvalue weighted by Gasteiger charge is 2.40.